The van der Waals surface area contributed by atoms with Crippen molar-refractivity contribution in [2.24, 2.45) is 11.5 Å². The van der Waals surface area contributed by atoms with Gasteiger partial charge < -0.3 is 20.9 Å². The Labute approximate surface area is 107 Å². The highest BCUT2D eigenvalue weighted by Gasteiger charge is 2.29. The quantitative estimate of drug-likeness (QED) is 0.788. The third-order valence-electron chi connectivity index (χ3n) is 3.03. The van der Waals surface area contributed by atoms with Crippen LogP contribution in [0.3, 0.4) is 0 Å². The maximum atomic E-state index is 5.93. The fourth-order valence-electron chi connectivity index (χ4n) is 1.96. The first-order valence-corrected chi connectivity index (χ1v) is 5.73. The topological polar surface area (TPSA) is 70.5 Å². The van der Waals surface area contributed by atoms with Crippen LogP contribution in [-0.2, 0) is 4.74 Å². The zero-order valence-corrected chi connectivity index (χ0v) is 10.6. The minimum absolute atomic E-state index is 0.344. The van der Waals surface area contributed by atoms with E-state index in [0.29, 0.717) is 0 Å². The second kappa shape index (κ2) is 4.94. The summed E-state index contributed by atoms with van der Waals surface area (Å²) >= 11 is 0. The highest BCUT2D eigenvalue weighted by Crippen LogP contribution is 2.27. The molecular weight excluding hydrogens is 228 g/mol. The molecule has 0 radical (unpaired) electrons. The molecule has 1 unspecified atom stereocenters. The largest absolute Gasteiger partial charge is 0.497 e. The van der Waals surface area contributed by atoms with E-state index in [1.54, 1.807) is 20.3 Å². The minimum atomic E-state index is -0.961. The number of rotatable bonds is 3. The SMILES string of the molecule is COc1cccc(C2=CC(OC)C(N)(N)C=C2)c1. The predicted molar refractivity (Wildman–Crippen MR) is 72.0 cm³/mol. The smallest absolute Gasteiger partial charge is 0.119 e. The summed E-state index contributed by atoms with van der Waals surface area (Å²) in [5.41, 5.74) is 13.0. The van der Waals surface area contributed by atoms with Crippen LogP contribution in [0.2, 0.25) is 0 Å². The Morgan fingerprint density at radius 3 is 2.67 bits per heavy atom. The standard InChI is InChI=1S/C14H18N2O2/c1-17-12-5-3-4-10(8-12)11-6-7-14(15,16)13(9-11)18-2/h3-9,13H,15-16H2,1-2H3. The van der Waals surface area contributed by atoms with E-state index in [1.807, 2.05) is 36.4 Å². The first-order valence-electron chi connectivity index (χ1n) is 5.73. The molecule has 4 N–H and O–H groups in total. The normalized spacial score (nSPS) is 21.6. The van der Waals surface area contributed by atoms with Crippen molar-refractivity contribution in [1.82, 2.24) is 0 Å². The molecule has 1 aromatic rings. The van der Waals surface area contributed by atoms with Crippen LogP contribution >= 0.6 is 0 Å². The van der Waals surface area contributed by atoms with Gasteiger partial charge in [0.15, 0.2) is 0 Å². The monoisotopic (exact) mass is 246 g/mol. The lowest BCUT2D eigenvalue weighted by Crippen LogP contribution is -2.58. The lowest BCUT2D eigenvalue weighted by atomic mass is 9.91. The first-order chi connectivity index (χ1) is 8.56. The third kappa shape index (κ3) is 2.46. The number of hydrogen-bond donors (Lipinski definition) is 2. The Kier molecular flexibility index (Phi) is 3.52. The number of allylic oxidation sites excluding steroid dienone is 2. The van der Waals surface area contributed by atoms with Gasteiger partial charge in [-0.3, -0.25) is 0 Å². The fraction of sp³-hybridized carbons (Fsp3) is 0.286. The molecule has 0 saturated carbocycles. The van der Waals surface area contributed by atoms with Crippen molar-refractivity contribution < 1.29 is 9.47 Å². The van der Waals surface area contributed by atoms with Crippen molar-refractivity contribution in [2.75, 3.05) is 14.2 Å². The number of methoxy groups -OCH3 is 2. The molecule has 0 amide bonds. The molecule has 1 aromatic carbocycles. The van der Waals surface area contributed by atoms with Crippen molar-refractivity contribution >= 4 is 5.57 Å². The lowest BCUT2D eigenvalue weighted by Gasteiger charge is -2.31. The fourth-order valence-corrected chi connectivity index (χ4v) is 1.96. The summed E-state index contributed by atoms with van der Waals surface area (Å²) in [6.07, 6.45) is 5.25. The number of ether oxygens (including phenoxy) is 2. The van der Waals surface area contributed by atoms with Crippen LogP contribution in [0.15, 0.2) is 42.5 Å². The van der Waals surface area contributed by atoms with E-state index in [-0.39, 0.29) is 6.10 Å². The van der Waals surface area contributed by atoms with Crippen LogP contribution in [0.1, 0.15) is 5.56 Å². The summed E-state index contributed by atoms with van der Waals surface area (Å²) in [6.45, 7) is 0. The van der Waals surface area contributed by atoms with Gasteiger partial charge in [0.25, 0.3) is 0 Å². The molecule has 0 spiro atoms. The summed E-state index contributed by atoms with van der Waals surface area (Å²) < 4.78 is 10.5. The van der Waals surface area contributed by atoms with Crippen molar-refractivity contribution in [1.29, 1.82) is 0 Å². The highest BCUT2D eigenvalue weighted by molar-refractivity contribution is 5.76. The second-order valence-corrected chi connectivity index (χ2v) is 4.34. The van der Waals surface area contributed by atoms with Crippen molar-refractivity contribution in [3.8, 4) is 5.75 Å². The van der Waals surface area contributed by atoms with Gasteiger partial charge in [-0.15, -0.1) is 0 Å². The van der Waals surface area contributed by atoms with E-state index in [1.165, 1.54) is 0 Å². The lowest BCUT2D eigenvalue weighted by molar-refractivity contribution is 0.0927. The predicted octanol–water partition coefficient (Wildman–Crippen LogP) is 1.28. The van der Waals surface area contributed by atoms with Crippen LogP contribution in [0.5, 0.6) is 5.75 Å². The van der Waals surface area contributed by atoms with Crippen molar-refractivity contribution in [3.05, 3.63) is 48.1 Å². The Hall–Kier alpha value is -1.62. The Balaban J connectivity index is 2.34. The summed E-state index contributed by atoms with van der Waals surface area (Å²) in [6, 6.07) is 7.81. The van der Waals surface area contributed by atoms with Gasteiger partial charge in [-0.1, -0.05) is 18.2 Å². The van der Waals surface area contributed by atoms with Crippen LogP contribution in [-0.4, -0.2) is 26.0 Å². The molecule has 4 nitrogen and oxygen atoms in total. The Morgan fingerprint density at radius 2 is 2.00 bits per heavy atom. The van der Waals surface area contributed by atoms with E-state index in [9.17, 15) is 0 Å². The number of hydrogen-bond acceptors (Lipinski definition) is 4. The molecule has 1 atom stereocenters. The van der Waals surface area contributed by atoms with Gasteiger partial charge in [0.2, 0.25) is 0 Å². The average Bonchev–Trinajstić information content (AvgIpc) is 2.38. The van der Waals surface area contributed by atoms with Crippen molar-refractivity contribution in [3.63, 3.8) is 0 Å². The van der Waals surface area contributed by atoms with Gasteiger partial charge in [0.1, 0.15) is 17.5 Å². The molecule has 0 heterocycles. The molecular formula is C14H18N2O2. The van der Waals surface area contributed by atoms with Crippen LogP contribution in [0.25, 0.3) is 5.57 Å². The molecule has 0 aliphatic heterocycles. The van der Waals surface area contributed by atoms with Crippen molar-refractivity contribution in [2.45, 2.75) is 11.8 Å². The Morgan fingerprint density at radius 1 is 1.22 bits per heavy atom. The molecule has 0 bridgehead atoms. The maximum Gasteiger partial charge on any atom is 0.119 e. The molecule has 0 saturated heterocycles. The van der Waals surface area contributed by atoms with Gasteiger partial charge in [0.05, 0.1) is 7.11 Å². The van der Waals surface area contributed by atoms with Crippen LogP contribution in [0.4, 0.5) is 0 Å². The van der Waals surface area contributed by atoms with E-state index >= 15 is 0 Å². The van der Waals surface area contributed by atoms with E-state index in [4.69, 9.17) is 20.9 Å². The summed E-state index contributed by atoms with van der Waals surface area (Å²) in [7, 11) is 3.24. The van der Waals surface area contributed by atoms with E-state index in [0.717, 1.165) is 16.9 Å². The second-order valence-electron chi connectivity index (χ2n) is 4.34. The van der Waals surface area contributed by atoms with E-state index < -0.39 is 5.66 Å². The van der Waals surface area contributed by atoms with Gasteiger partial charge >= 0.3 is 0 Å². The van der Waals surface area contributed by atoms with E-state index in [2.05, 4.69) is 0 Å². The molecule has 4 heteroatoms. The Bertz CT molecular complexity index is 492. The number of benzene rings is 1. The molecule has 1 aliphatic carbocycles. The van der Waals surface area contributed by atoms with Gasteiger partial charge in [-0.2, -0.15) is 0 Å². The third-order valence-corrected chi connectivity index (χ3v) is 3.03. The first kappa shape index (κ1) is 12.8. The van der Waals surface area contributed by atoms with Crippen LogP contribution < -0.4 is 16.2 Å². The average molecular weight is 246 g/mol. The molecule has 96 valence electrons. The molecule has 18 heavy (non-hydrogen) atoms. The summed E-state index contributed by atoms with van der Waals surface area (Å²) in [5, 5.41) is 0. The van der Waals surface area contributed by atoms with Gasteiger partial charge in [-0.25, -0.2) is 0 Å². The molecule has 0 aromatic heterocycles. The molecule has 2 rings (SSSR count). The van der Waals surface area contributed by atoms with Gasteiger partial charge in [-0.05, 0) is 35.4 Å². The van der Waals surface area contributed by atoms with Crippen LogP contribution in [0, 0.1) is 0 Å². The minimum Gasteiger partial charge on any atom is -0.497 e. The number of nitrogens with two attached hydrogens (primary N) is 2. The van der Waals surface area contributed by atoms with Gasteiger partial charge in [0, 0.05) is 7.11 Å². The zero-order valence-electron chi connectivity index (χ0n) is 10.6. The zero-order chi connectivity index (χ0) is 13.2. The maximum absolute atomic E-state index is 5.93. The summed E-state index contributed by atoms with van der Waals surface area (Å²) in [4.78, 5) is 0. The summed E-state index contributed by atoms with van der Waals surface area (Å²) in [5.74, 6) is 0.813. The highest BCUT2D eigenvalue weighted by atomic mass is 16.5. The molecule has 1 aliphatic rings. The molecule has 0 fully saturated rings.